The van der Waals surface area contributed by atoms with Crippen LogP contribution in [0, 0.1) is 15.5 Å². The van der Waals surface area contributed by atoms with Crippen molar-refractivity contribution in [3.63, 3.8) is 0 Å². The Morgan fingerprint density at radius 1 is 1.64 bits per heavy atom. The zero-order valence-electron chi connectivity index (χ0n) is 7.64. The summed E-state index contributed by atoms with van der Waals surface area (Å²) in [4.78, 5) is 9.66. The van der Waals surface area contributed by atoms with Crippen molar-refractivity contribution in [3.05, 3.63) is 22.0 Å². The second-order valence-electron chi connectivity index (χ2n) is 3.24. The average molecular weight is 199 g/mol. The highest BCUT2D eigenvalue weighted by Gasteiger charge is 2.24. The Bertz CT molecular complexity index is 265. The van der Waals surface area contributed by atoms with E-state index in [4.69, 9.17) is 5.41 Å². The maximum atomic E-state index is 10.3. The quantitative estimate of drug-likeness (QED) is 0.343. The Morgan fingerprint density at radius 3 is 2.79 bits per heavy atom. The molecule has 3 N–H and O–H groups in total. The van der Waals surface area contributed by atoms with Crippen molar-refractivity contribution >= 4 is 6.21 Å². The number of hydrogen-bond acceptors (Lipinski definition) is 5. The average Bonchev–Trinajstić information content (AvgIpc) is 2.52. The van der Waals surface area contributed by atoms with Gasteiger partial charge < -0.3 is 15.8 Å². The molecule has 0 aromatic carbocycles. The predicted molar refractivity (Wildman–Crippen MR) is 50.6 cm³/mol. The van der Waals surface area contributed by atoms with Gasteiger partial charge in [0.05, 0.1) is 29.5 Å². The molecule has 1 rings (SSSR count). The van der Waals surface area contributed by atoms with Crippen molar-refractivity contribution in [3.8, 4) is 0 Å². The van der Waals surface area contributed by atoms with Gasteiger partial charge in [-0.05, 0) is 19.3 Å². The van der Waals surface area contributed by atoms with Gasteiger partial charge in [0.25, 0.3) is 0 Å². The first-order valence-electron chi connectivity index (χ1n) is 4.44. The van der Waals surface area contributed by atoms with E-state index in [1.807, 2.05) is 0 Å². The standard InChI is InChI=1S/C8H13N3O3/c9-4-6(11(13)14)5-10-7-2-1-3-8(7)12/h4-5,7-10,12H,1-3H2/b6-5+,9-4?. The molecule has 0 amide bonds. The Hall–Kier alpha value is -1.43. The third-order valence-corrected chi connectivity index (χ3v) is 2.28. The van der Waals surface area contributed by atoms with Crippen LogP contribution in [-0.2, 0) is 0 Å². The summed E-state index contributed by atoms with van der Waals surface area (Å²) < 4.78 is 0. The van der Waals surface area contributed by atoms with Crippen molar-refractivity contribution in [1.29, 1.82) is 5.41 Å². The van der Waals surface area contributed by atoms with Gasteiger partial charge in [0, 0.05) is 0 Å². The van der Waals surface area contributed by atoms with E-state index in [0.717, 1.165) is 19.3 Å². The molecule has 1 fully saturated rings. The lowest BCUT2D eigenvalue weighted by Crippen LogP contribution is -2.32. The summed E-state index contributed by atoms with van der Waals surface area (Å²) in [5, 5.41) is 29.2. The first-order chi connectivity index (χ1) is 6.65. The lowest BCUT2D eigenvalue weighted by Gasteiger charge is -2.13. The van der Waals surface area contributed by atoms with Gasteiger partial charge in [0.15, 0.2) is 0 Å². The van der Waals surface area contributed by atoms with E-state index in [-0.39, 0.29) is 11.7 Å². The molecule has 0 heterocycles. The number of allylic oxidation sites excluding steroid dienone is 1. The highest BCUT2D eigenvalue weighted by atomic mass is 16.6. The molecule has 1 aliphatic carbocycles. The molecule has 0 spiro atoms. The molecule has 0 aromatic heterocycles. The number of nitrogens with zero attached hydrogens (tertiary/aromatic N) is 1. The number of aliphatic hydroxyl groups is 1. The van der Waals surface area contributed by atoms with E-state index in [1.54, 1.807) is 0 Å². The molecule has 0 bridgehead atoms. The van der Waals surface area contributed by atoms with E-state index >= 15 is 0 Å². The smallest absolute Gasteiger partial charge is 0.302 e. The maximum absolute atomic E-state index is 10.3. The molecule has 6 nitrogen and oxygen atoms in total. The van der Waals surface area contributed by atoms with E-state index in [1.165, 1.54) is 6.20 Å². The zero-order valence-corrected chi connectivity index (χ0v) is 7.64. The molecule has 0 radical (unpaired) electrons. The minimum atomic E-state index is -0.638. The first kappa shape index (κ1) is 10.6. The summed E-state index contributed by atoms with van der Waals surface area (Å²) in [5.74, 6) is 0. The van der Waals surface area contributed by atoms with Crippen LogP contribution in [0.1, 0.15) is 19.3 Å². The Kier molecular flexibility index (Phi) is 3.58. The highest BCUT2D eigenvalue weighted by Crippen LogP contribution is 2.18. The van der Waals surface area contributed by atoms with Gasteiger partial charge in [0.1, 0.15) is 0 Å². The van der Waals surface area contributed by atoms with Crippen LogP contribution in [-0.4, -0.2) is 28.4 Å². The molecular formula is C8H13N3O3. The number of hydrogen-bond donors (Lipinski definition) is 3. The topological polar surface area (TPSA) is 99.2 Å². The van der Waals surface area contributed by atoms with Gasteiger partial charge in [-0.1, -0.05) is 0 Å². The molecule has 2 unspecified atom stereocenters. The van der Waals surface area contributed by atoms with Gasteiger partial charge in [-0.25, -0.2) is 0 Å². The van der Waals surface area contributed by atoms with E-state index in [0.29, 0.717) is 6.21 Å². The monoisotopic (exact) mass is 199 g/mol. The summed E-state index contributed by atoms with van der Waals surface area (Å²) in [6.07, 6.45) is 3.86. The summed E-state index contributed by atoms with van der Waals surface area (Å²) in [6, 6.07) is -0.120. The number of nitrogens with one attached hydrogen (secondary N) is 2. The van der Waals surface area contributed by atoms with Gasteiger partial charge >= 0.3 is 5.70 Å². The summed E-state index contributed by atoms with van der Waals surface area (Å²) >= 11 is 0. The van der Waals surface area contributed by atoms with Crippen molar-refractivity contribution in [2.45, 2.75) is 31.4 Å². The molecule has 0 aromatic rings. The molecule has 78 valence electrons. The summed E-state index contributed by atoms with van der Waals surface area (Å²) in [6.45, 7) is 0. The molecule has 14 heavy (non-hydrogen) atoms. The first-order valence-corrected chi connectivity index (χ1v) is 4.44. The van der Waals surface area contributed by atoms with Gasteiger partial charge in [0.2, 0.25) is 0 Å². The fourth-order valence-corrected chi connectivity index (χ4v) is 1.47. The van der Waals surface area contributed by atoms with Crippen LogP contribution in [0.5, 0.6) is 0 Å². The lowest BCUT2D eigenvalue weighted by molar-refractivity contribution is -0.414. The van der Waals surface area contributed by atoms with Crippen molar-refractivity contribution in [2.24, 2.45) is 0 Å². The van der Waals surface area contributed by atoms with E-state index < -0.39 is 11.0 Å². The van der Waals surface area contributed by atoms with Crippen LogP contribution in [0.4, 0.5) is 0 Å². The third-order valence-electron chi connectivity index (χ3n) is 2.28. The molecule has 6 heteroatoms. The van der Waals surface area contributed by atoms with Gasteiger partial charge in [-0.2, -0.15) is 0 Å². The van der Waals surface area contributed by atoms with E-state index in [9.17, 15) is 15.2 Å². The molecule has 2 atom stereocenters. The van der Waals surface area contributed by atoms with Crippen LogP contribution in [0.25, 0.3) is 0 Å². The third kappa shape index (κ3) is 2.53. The fourth-order valence-electron chi connectivity index (χ4n) is 1.47. The van der Waals surface area contributed by atoms with Crippen LogP contribution < -0.4 is 5.32 Å². The summed E-state index contributed by atoms with van der Waals surface area (Å²) in [7, 11) is 0. The van der Waals surface area contributed by atoms with E-state index in [2.05, 4.69) is 5.32 Å². The van der Waals surface area contributed by atoms with Gasteiger partial charge in [-0.15, -0.1) is 0 Å². The van der Waals surface area contributed by atoms with Crippen LogP contribution in [0.15, 0.2) is 11.9 Å². The fraction of sp³-hybridized carbons (Fsp3) is 0.625. The Labute approximate surface area is 81.3 Å². The van der Waals surface area contributed by atoms with Crippen LogP contribution in [0.3, 0.4) is 0 Å². The van der Waals surface area contributed by atoms with Gasteiger partial charge in [-0.3, -0.25) is 10.1 Å². The molecular weight excluding hydrogens is 186 g/mol. The Morgan fingerprint density at radius 2 is 2.36 bits per heavy atom. The Balaban J connectivity index is 2.51. The molecule has 1 saturated carbocycles. The van der Waals surface area contributed by atoms with Crippen LogP contribution >= 0.6 is 0 Å². The molecule has 0 aliphatic heterocycles. The minimum Gasteiger partial charge on any atom is -0.391 e. The largest absolute Gasteiger partial charge is 0.391 e. The minimum absolute atomic E-state index is 0.120. The zero-order chi connectivity index (χ0) is 10.6. The summed E-state index contributed by atoms with van der Waals surface area (Å²) in [5.41, 5.74) is -0.302. The van der Waals surface area contributed by atoms with Crippen molar-refractivity contribution in [2.75, 3.05) is 0 Å². The lowest BCUT2D eigenvalue weighted by atomic mass is 10.2. The predicted octanol–water partition coefficient (Wildman–Crippen LogP) is 0.257. The maximum Gasteiger partial charge on any atom is 0.302 e. The second kappa shape index (κ2) is 4.71. The van der Waals surface area contributed by atoms with Crippen molar-refractivity contribution < 1.29 is 10.0 Å². The normalized spacial score (nSPS) is 27.4. The van der Waals surface area contributed by atoms with Crippen LogP contribution in [0.2, 0.25) is 0 Å². The second-order valence-corrected chi connectivity index (χ2v) is 3.24. The van der Waals surface area contributed by atoms with Crippen molar-refractivity contribution in [1.82, 2.24) is 5.32 Å². The SMILES string of the molecule is N=C/C(=C\NC1CCCC1O)[N+](=O)[O-]. The number of rotatable bonds is 4. The number of aliphatic hydroxyl groups excluding tert-OH is 1. The number of nitro groups is 1. The molecule has 1 aliphatic rings. The highest BCUT2D eigenvalue weighted by molar-refractivity contribution is 5.71. The molecule has 0 saturated heterocycles.